The molecule has 0 aliphatic carbocycles. The van der Waals surface area contributed by atoms with Crippen molar-refractivity contribution in [1.82, 2.24) is 9.97 Å². The molecular weight excluding hydrogens is 310 g/mol. The molecule has 0 bridgehead atoms. The van der Waals surface area contributed by atoms with E-state index in [0.29, 0.717) is 10.9 Å². The van der Waals surface area contributed by atoms with Crippen LogP contribution in [0, 0.1) is 0 Å². The van der Waals surface area contributed by atoms with E-state index in [4.69, 9.17) is 17.4 Å². The van der Waals surface area contributed by atoms with Crippen molar-refractivity contribution in [3.05, 3.63) is 33.9 Å². The molecule has 0 radical (unpaired) electrons. The van der Waals surface area contributed by atoms with Gasteiger partial charge >= 0.3 is 0 Å². The van der Waals surface area contributed by atoms with E-state index in [1.807, 2.05) is 5.38 Å². The van der Waals surface area contributed by atoms with Gasteiger partial charge in [0.05, 0.1) is 10.7 Å². The summed E-state index contributed by atoms with van der Waals surface area (Å²) >= 11 is 7.34. The number of aromatic nitrogens is 2. The lowest BCUT2D eigenvalue weighted by Crippen LogP contribution is -2.17. The zero-order valence-electron chi connectivity index (χ0n) is 11.9. The normalized spacial score (nSPS) is 11.3. The van der Waals surface area contributed by atoms with Gasteiger partial charge in [0.2, 0.25) is 0 Å². The molecule has 21 heavy (non-hydrogen) atoms. The van der Waals surface area contributed by atoms with Crippen LogP contribution in [0.25, 0.3) is 0 Å². The van der Waals surface area contributed by atoms with Crippen LogP contribution in [-0.2, 0) is 5.41 Å². The molecule has 2 aromatic rings. The molecule has 0 fully saturated rings. The third-order valence-electron chi connectivity index (χ3n) is 2.70. The molecule has 0 aliphatic rings. The van der Waals surface area contributed by atoms with Gasteiger partial charge < -0.3 is 5.43 Å². The molecule has 4 N–H and O–H groups in total. The van der Waals surface area contributed by atoms with Crippen molar-refractivity contribution < 1.29 is 4.79 Å². The Morgan fingerprint density at radius 2 is 2.05 bits per heavy atom. The van der Waals surface area contributed by atoms with Crippen molar-refractivity contribution >= 4 is 39.8 Å². The summed E-state index contributed by atoms with van der Waals surface area (Å²) in [5.41, 5.74) is 3.32. The van der Waals surface area contributed by atoms with Gasteiger partial charge in [0.25, 0.3) is 5.91 Å². The number of carbonyl (C=O) groups is 1. The van der Waals surface area contributed by atoms with Gasteiger partial charge in [0.15, 0.2) is 5.13 Å². The molecule has 112 valence electrons. The lowest BCUT2D eigenvalue weighted by molar-refractivity contribution is 0.102. The highest BCUT2D eigenvalue weighted by atomic mass is 35.5. The van der Waals surface area contributed by atoms with Gasteiger partial charge in [-0.15, -0.1) is 11.3 Å². The number of carbonyl (C=O) groups excluding carboxylic acids is 1. The predicted octanol–water partition coefficient (Wildman–Crippen LogP) is 3.03. The molecule has 0 atom stereocenters. The third kappa shape index (κ3) is 3.69. The van der Waals surface area contributed by atoms with Crippen LogP contribution in [0.4, 0.5) is 10.9 Å². The number of thiazole rings is 1. The molecule has 0 spiro atoms. The van der Waals surface area contributed by atoms with Crippen LogP contribution >= 0.6 is 22.9 Å². The summed E-state index contributed by atoms with van der Waals surface area (Å²) in [6.45, 7) is 6.17. The predicted molar refractivity (Wildman–Crippen MR) is 85.8 cm³/mol. The van der Waals surface area contributed by atoms with Crippen molar-refractivity contribution in [2.45, 2.75) is 26.2 Å². The van der Waals surface area contributed by atoms with Gasteiger partial charge in [-0.2, -0.15) is 0 Å². The number of nitrogens with zero attached hydrogens (tertiary/aromatic N) is 2. The van der Waals surface area contributed by atoms with Crippen LogP contribution in [-0.4, -0.2) is 15.9 Å². The van der Waals surface area contributed by atoms with Gasteiger partial charge in [-0.3, -0.25) is 10.1 Å². The summed E-state index contributed by atoms with van der Waals surface area (Å²) in [6, 6.07) is 3.14. The summed E-state index contributed by atoms with van der Waals surface area (Å²) in [7, 11) is 0. The summed E-state index contributed by atoms with van der Waals surface area (Å²) in [5.74, 6) is 5.21. The maximum atomic E-state index is 12.2. The fraction of sp³-hybridized carbons (Fsp3) is 0.308. The van der Waals surface area contributed by atoms with Crippen LogP contribution in [0.15, 0.2) is 17.5 Å². The summed E-state index contributed by atoms with van der Waals surface area (Å²) in [6.07, 6.45) is 0. The minimum Gasteiger partial charge on any atom is -0.308 e. The van der Waals surface area contributed by atoms with Crippen LogP contribution in [0.2, 0.25) is 5.02 Å². The van der Waals surface area contributed by atoms with E-state index in [1.54, 1.807) is 12.1 Å². The maximum Gasteiger partial charge on any atom is 0.277 e. The molecule has 1 amide bonds. The van der Waals surface area contributed by atoms with Crippen LogP contribution in [0.3, 0.4) is 0 Å². The average molecular weight is 326 g/mol. The smallest absolute Gasteiger partial charge is 0.277 e. The second kappa shape index (κ2) is 5.97. The monoisotopic (exact) mass is 325 g/mol. The molecule has 8 heteroatoms. The van der Waals surface area contributed by atoms with Gasteiger partial charge in [-0.1, -0.05) is 32.4 Å². The van der Waals surface area contributed by atoms with Crippen molar-refractivity contribution in [3.8, 4) is 0 Å². The van der Waals surface area contributed by atoms with Crippen LogP contribution in [0.1, 0.15) is 37.0 Å². The van der Waals surface area contributed by atoms with E-state index in [1.165, 1.54) is 11.3 Å². The Morgan fingerprint density at radius 1 is 1.33 bits per heavy atom. The minimum atomic E-state index is -0.424. The standard InChI is InChI=1S/C13H16ClN5OS/c1-13(2,3)8-6-21-12(16-8)18-11(20)10-7(14)4-5-9(17-10)19-15/h4-6H,15H2,1-3H3,(H,17,19)(H,16,18,20). The average Bonchev–Trinajstić information content (AvgIpc) is 2.87. The van der Waals surface area contributed by atoms with Crippen molar-refractivity contribution in [3.63, 3.8) is 0 Å². The Bertz CT molecular complexity index is 665. The zero-order valence-corrected chi connectivity index (χ0v) is 13.5. The second-order valence-corrected chi connectivity index (χ2v) is 6.68. The summed E-state index contributed by atoms with van der Waals surface area (Å²) < 4.78 is 0. The molecule has 0 unspecified atom stereocenters. The minimum absolute atomic E-state index is 0.0707. The molecule has 6 nitrogen and oxygen atoms in total. The number of nitrogens with two attached hydrogens (primary N) is 1. The maximum absolute atomic E-state index is 12.2. The molecule has 0 saturated heterocycles. The van der Waals surface area contributed by atoms with E-state index >= 15 is 0 Å². The van der Waals surface area contributed by atoms with E-state index in [9.17, 15) is 4.79 Å². The Balaban J connectivity index is 2.20. The van der Waals surface area contributed by atoms with E-state index in [2.05, 4.69) is 41.5 Å². The summed E-state index contributed by atoms with van der Waals surface area (Å²) in [4.78, 5) is 20.6. The fourth-order valence-electron chi connectivity index (χ4n) is 1.51. The highest BCUT2D eigenvalue weighted by Gasteiger charge is 2.19. The van der Waals surface area contributed by atoms with Crippen molar-refractivity contribution in [2.75, 3.05) is 10.7 Å². The molecule has 2 rings (SSSR count). The van der Waals surface area contributed by atoms with E-state index in [-0.39, 0.29) is 16.1 Å². The second-order valence-electron chi connectivity index (χ2n) is 5.41. The number of anilines is 2. The van der Waals surface area contributed by atoms with E-state index in [0.717, 1.165) is 5.69 Å². The number of nitrogen functional groups attached to an aromatic ring is 1. The first-order chi connectivity index (χ1) is 9.81. The highest BCUT2D eigenvalue weighted by molar-refractivity contribution is 7.14. The van der Waals surface area contributed by atoms with Gasteiger partial charge in [0.1, 0.15) is 11.5 Å². The molecule has 0 aromatic carbocycles. The Morgan fingerprint density at radius 3 is 2.62 bits per heavy atom. The molecular formula is C13H16ClN5OS. The number of hydrazine groups is 1. The van der Waals surface area contributed by atoms with Crippen molar-refractivity contribution in [1.29, 1.82) is 0 Å². The number of hydrogen-bond donors (Lipinski definition) is 3. The number of pyridine rings is 1. The summed E-state index contributed by atoms with van der Waals surface area (Å²) in [5, 5.41) is 5.37. The quantitative estimate of drug-likeness (QED) is 0.596. The van der Waals surface area contributed by atoms with Crippen molar-refractivity contribution in [2.24, 2.45) is 5.84 Å². The number of nitrogens with one attached hydrogen (secondary N) is 2. The number of hydrogen-bond acceptors (Lipinski definition) is 6. The Labute approximate surface area is 131 Å². The SMILES string of the molecule is CC(C)(C)c1csc(NC(=O)c2nc(NN)ccc2Cl)n1. The topological polar surface area (TPSA) is 92.9 Å². The van der Waals surface area contributed by atoms with Gasteiger partial charge in [-0.05, 0) is 12.1 Å². The van der Waals surface area contributed by atoms with Crippen LogP contribution in [0.5, 0.6) is 0 Å². The van der Waals surface area contributed by atoms with Gasteiger partial charge in [0, 0.05) is 10.8 Å². The molecule has 0 aliphatic heterocycles. The fourth-order valence-corrected chi connectivity index (χ4v) is 2.64. The molecule has 0 saturated carbocycles. The molecule has 2 aromatic heterocycles. The zero-order chi connectivity index (χ0) is 15.6. The van der Waals surface area contributed by atoms with Gasteiger partial charge in [-0.25, -0.2) is 15.8 Å². The first-order valence-electron chi connectivity index (χ1n) is 6.22. The highest BCUT2D eigenvalue weighted by Crippen LogP contribution is 2.27. The first kappa shape index (κ1) is 15.7. The number of halogens is 1. The largest absolute Gasteiger partial charge is 0.308 e. The Hall–Kier alpha value is -1.70. The molecule has 2 heterocycles. The van der Waals surface area contributed by atoms with E-state index < -0.39 is 5.91 Å². The third-order valence-corrected chi connectivity index (χ3v) is 3.76. The lowest BCUT2D eigenvalue weighted by atomic mass is 9.93. The van der Waals surface area contributed by atoms with Crippen LogP contribution < -0.4 is 16.6 Å². The number of amides is 1. The lowest BCUT2D eigenvalue weighted by Gasteiger charge is -2.14. The number of rotatable bonds is 3. The first-order valence-corrected chi connectivity index (χ1v) is 7.47. The Kier molecular flexibility index (Phi) is 4.46.